The van der Waals surface area contributed by atoms with Crippen molar-refractivity contribution in [2.24, 2.45) is 0 Å². The first-order chi connectivity index (χ1) is 39.0. The Morgan fingerprint density at radius 1 is 0.266 bits per heavy atom. The molecule has 0 fully saturated rings. The van der Waals surface area contributed by atoms with E-state index in [9.17, 15) is 14.4 Å². The smallest absolute Gasteiger partial charge is 0.306 e. The molecule has 0 bridgehead atoms. The molecule has 0 saturated carbocycles. The zero-order chi connectivity index (χ0) is 57.1. The van der Waals surface area contributed by atoms with E-state index in [-0.39, 0.29) is 31.1 Å². The van der Waals surface area contributed by atoms with Crippen molar-refractivity contribution in [2.45, 2.75) is 348 Å². The van der Waals surface area contributed by atoms with Crippen molar-refractivity contribution in [3.63, 3.8) is 0 Å². The first-order valence-corrected chi connectivity index (χ1v) is 34.1. The monoisotopic (exact) mass is 1100 g/mol. The Morgan fingerprint density at radius 3 is 0.772 bits per heavy atom. The Balaban J connectivity index is 4.14. The van der Waals surface area contributed by atoms with Gasteiger partial charge in [0.25, 0.3) is 0 Å². The van der Waals surface area contributed by atoms with E-state index < -0.39 is 6.10 Å². The maximum absolute atomic E-state index is 12.9. The predicted octanol–water partition coefficient (Wildman–Crippen LogP) is 23.4. The molecule has 0 saturated heterocycles. The number of esters is 3. The van der Waals surface area contributed by atoms with Crippen LogP contribution in [0.1, 0.15) is 342 Å². The number of carbonyl (C=O) groups is 3. The van der Waals surface area contributed by atoms with Crippen LogP contribution in [0, 0.1) is 0 Å². The molecule has 0 radical (unpaired) electrons. The van der Waals surface area contributed by atoms with E-state index in [0.717, 1.165) is 109 Å². The van der Waals surface area contributed by atoms with Crippen LogP contribution in [0.15, 0.2) is 85.1 Å². The van der Waals surface area contributed by atoms with Gasteiger partial charge in [-0.2, -0.15) is 0 Å². The van der Waals surface area contributed by atoms with E-state index in [4.69, 9.17) is 14.2 Å². The van der Waals surface area contributed by atoms with Crippen molar-refractivity contribution in [3.8, 4) is 0 Å². The van der Waals surface area contributed by atoms with Crippen molar-refractivity contribution < 1.29 is 28.6 Å². The van der Waals surface area contributed by atoms with Crippen LogP contribution in [0.25, 0.3) is 0 Å². The normalized spacial score (nSPS) is 12.6. The second-order valence-corrected chi connectivity index (χ2v) is 22.7. The Kier molecular flexibility index (Phi) is 64.2. The summed E-state index contributed by atoms with van der Waals surface area (Å²) < 4.78 is 16.9. The molecule has 0 spiro atoms. The number of carbonyl (C=O) groups excluding carboxylic acids is 3. The summed E-state index contributed by atoms with van der Waals surface area (Å²) in [5.74, 6) is -0.867. The lowest BCUT2D eigenvalue weighted by molar-refractivity contribution is -0.167. The Labute approximate surface area is 490 Å². The zero-order valence-electron chi connectivity index (χ0n) is 52.4. The van der Waals surface area contributed by atoms with Gasteiger partial charge in [0, 0.05) is 19.3 Å². The maximum Gasteiger partial charge on any atom is 0.306 e. The van der Waals surface area contributed by atoms with Crippen LogP contribution in [-0.4, -0.2) is 37.2 Å². The molecule has 0 aromatic carbocycles. The highest BCUT2D eigenvalue weighted by Gasteiger charge is 2.19. The number of hydrogen-bond donors (Lipinski definition) is 0. The van der Waals surface area contributed by atoms with Crippen molar-refractivity contribution in [1.82, 2.24) is 0 Å². The van der Waals surface area contributed by atoms with Gasteiger partial charge in [0.1, 0.15) is 13.2 Å². The lowest BCUT2D eigenvalue weighted by Gasteiger charge is -2.18. The third-order valence-electron chi connectivity index (χ3n) is 14.9. The third kappa shape index (κ3) is 65.3. The molecule has 1 atom stereocenters. The predicted molar refractivity (Wildman–Crippen MR) is 344 cm³/mol. The van der Waals surface area contributed by atoms with Gasteiger partial charge < -0.3 is 14.2 Å². The van der Waals surface area contributed by atoms with E-state index >= 15 is 0 Å². The van der Waals surface area contributed by atoms with Crippen molar-refractivity contribution in [3.05, 3.63) is 85.1 Å². The van der Waals surface area contributed by atoms with Crippen LogP contribution in [0.3, 0.4) is 0 Å². The number of allylic oxidation sites excluding steroid dienone is 14. The van der Waals surface area contributed by atoms with Crippen molar-refractivity contribution >= 4 is 17.9 Å². The standard InChI is InChI=1S/C73H128O6/c1-4-7-10-13-16-19-21-23-25-27-29-31-33-34-35-36-37-38-39-40-41-43-44-46-48-50-52-54-57-60-63-66-72(75)78-69-70(68-77-71(74)65-62-59-56-18-15-12-9-6-3)79-73(76)67-64-61-58-55-53-51-49-47-45-42-32-30-28-26-24-22-20-17-14-11-8-5-2/h7,10,16,19,23,25,29,31,34-35,37-38,40-41,70H,4-6,8-9,11-15,17-18,20-22,24,26-28,30,32-33,36,39,42-69H2,1-3H3/b10-7-,19-16-,25-23-,31-29-,35-34-,38-37-,41-40-. The highest BCUT2D eigenvalue weighted by Crippen LogP contribution is 2.18. The van der Waals surface area contributed by atoms with E-state index in [1.54, 1.807) is 0 Å². The van der Waals surface area contributed by atoms with E-state index in [1.807, 2.05) is 0 Å². The molecular formula is C73H128O6. The summed E-state index contributed by atoms with van der Waals surface area (Å²) >= 11 is 0. The van der Waals surface area contributed by atoms with Crippen LogP contribution in [0.4, 0.5) is 0 Å². The highest BCUT2D eigenvalue weighted by atomic mass is 16.6. The number of rotatable bonds is 62. The molecule has 0 aromatic heterocycles. The molecule has 0 N–H and O–H groups in total. The fourth-order valence-electron chi connectivity index (χ4n) is 9.84. The van der Waals surface area contributed by atoms with Gasteiger partial charge in [-0.1, -0.05) is 331 Å². The minimum Gasteiger partial charge on any atom is -0.462 e. The maximum atomic E-state index is 12.9. The van der Waals surface area contributed by atoms with Crippen LogP contribution in [-0.2, 0) is 28.6 Å². The summed E-state index contributed by atoms with van der Waals surface area (Å²) in [5.41, 5.74) is 0. The summed E-state index contributed by atoms with van der Waals surface area (Å²) in [7, 11) is 0. The molecule has 456 valence electrons. The molecule has 6 heteroatoms. The quantitative estimate of drug-likeness (QED) is 0.0261. The molecule has 6 nitrogen and oxygen atoms in total. The Hall–Kier alpha value is -3.41. The molecule has 0 heterocycles. The topological polar surface area (TPSA) is 78.9 Å². The van der Waals surface area contributed by atoms with Gasteiger partial charge in [-0.05, 0) is 77.0 Å². The van der Waals surface area contributed by atoms with Crippen molar-refractivity contribution in [1.29, 1.82) is 0 Å². The van der Waals surface area contributed by atoms with Crippen LogP contribution in [0.2, 0.25) is 0 Å². The fourth-order valence-corrected chi connectivity index (χ4v) is 9.84. The second kappa shape index (κ2) is 67.1. The molecule has 1 unspecified atom stereocenters. The van der Waals surface area contributed by atoms with E-state index in [1.165, 1.54) is 193 Å². The molecule has 0 aromatic rings. The van der Waals surface area contributed by atoms with Crippen LogP contribution < -0.4 is 0 Å². The van der Waals surface area contributed by atoms with Gasteiger partial charge in [0.15, 0.2) is 6.10 Å². The molecule has 0 amide bonds. The number of hydrogen-bond acceptors (Lipinski definition) is 6. The molecule has 0 rings (SSSR count). The first kappa shape index (κ1) is 75.6. The second-order valence-electron chi connectivity index (χ2n) is 22.7. The van der Waals surface area contributed by atoms with Crippen molar-refractivity contribution in [2.75, 3.05) is 13.2 Å². The summed E-state index contributed by atoms with van der Waals surface area (Å²) in [6.45, 7) is 6.54. The molecule has 0 aliphatic rings. The lowest BCUT2D eigenvalue weighted by Crippen LogP contribution is -2.30. The molecule has 0 aliphatic heterocycles. The van der Waals surface area contributed by atoms with Gasteiger partial charge in [0.05, 0.1) is 0 Å². The molecular weight excluding hydrogens is 973 g/mol. The fraction of sp³-hybridized carbons (Fsp3) is 0.767. The third-order valence-corrected chi connectivity index (χ3v) is 14.9. The Bertz CT molecular complexity index is 1500. The first-order valence-electron chi connectivity index (χ1n) is 34.1. The molecule has 79 heavy (non-hydrogen) atoms. The van der Waals surface area contributed by atoms with E-state index in [0.29, 0.717) is 19.3 Å². The molecule has 0 aliphatic carbocycles. The van der Waals surface area contributed by atoms with Crippen LogP contribution in [0.5, 0.6) is 0 Å². The Morgan fingerprint density at radius 2 is 0.494 bits per heavy atom. The SMILES string of the molecule is CC/C=C\C/C=C\C/C=C\C/C=C\C/C=C\C/C=C\C/C=C\CCCCCCCCCCCC(=O)OCC(COC(=O)CCCCCCCCCC)OC(=O)CCCCCCCCCCCCCCCCCCCCCCCC. The van der Waals surface area contributed by atoms with Gasteiger partial charge >= 0.3 is 17.9 Å². The number of unbranched alkanes of at least 4 members (excludes halogenated alkanes) is 37. The van der Waals surface area contributed by atoms with Gasteiger partial charge in [-0.25, -0.2) is 0 Å². The number of ether oxygens (including phenoxy) is 3. The van der Waals surface area contributed by atoms with Gasteiger partial charge in [-0.15, -0.1) is 0 Å². The average molecular weight is 1100 g/mol. The van der Waals surface area contributed by atoms with Crippen LogP contribution >= 0.6 is 0 Å². The summed E-state index contributed by atoms with van der Waals surface area (Å²) in [4.78, 5) is 38.2. The van der Waals surface area contributed by atoms with Gasteiger partial charge in [-0.3, -0.25) is 14.4 Å². The summed E-state index contributed by atoms with van der Waals surface area (Å²) in [6, 6.07) is 0. The highest BCUT2D eigenvalue weighted by molar-refractivity contribution is 5.71. The van der Waals surface area contributed by atoms with Gasteiger partial charge in [0.2, 0.25) is 0 Å². The largest absolute Gasteiger partial charge is 0.462 e. The zero-order valence-corrected chi connectivity index (χ0v) is 52.4. The average Bonchev–Trinajstić information content (AvgIpc) is 3.45. The summed E-state index contributed by atoms with van der Waals surface area (Å²) in [6.07, 6.45) is 89.1. The van der Waals surface area contributed by atoms with E-state index in [2.05, 4.69) is 106 Å². The summed E-state index contributed by atoms with van der Waals surface area (Å²) in [5, 5.41) is 0. The lowest BCUT2D eigenvalue weighted by atomic mass is 10.0. The minimum atomic E-state index is -0.775. The minimum absolute atomic E-state index is 0.0734.